The third-order valence-electron chi connectivity index (χ3n) is 1.83. The number of aliphatic hydroxyl groups excluding tert-OH is 1. The van der Waals surface area contributed by atoms with Gasteiger partial charge in [-0.1, -0.05) is 6.92 Å². The summed E-state index contributed by atoms with van der Waals surface area (Å²) in [6.45, 7) is 3.90. The highest BCUT2D eigenvalue weighted by molar-refractivity contribution is 4.78. The minimum absolute atomic E-state index is 0.0833. The van der Waals surface area contributed by atoms with Gasteiger partial charge < -0.3 is 10.4 Å². The zero-order chi connectivity index (χ0) is 5.98. The summed E-state index contributed by atoms with van der Waals surface area (Å²) in [5, 5.41) is 12.2. The lowest BCUT2D eigenvalue weighted by molar-refractivity contribution is 0.145. The molecule has 0 radical (unpaired) electrons. The van der Waals surface area contributed by atoms with Gasteiger partial charge in [0.25, 0.3) is 0 Å². The molecular formula is C6H13NO. The first-order chi connectivity index (χ1) is 3.84. The predicted octanol–water partition coefficient (Wildman–Crippen LogP) is -0.0233. The molecule has 1 heterocycles. The lowest BCUT2D eigenvalue weighted by atomic mass is 10.0. The van der Waals surface area contributed by atoms with Gasteiger partial charge in [-0.05, 0) is 12.3 Å². The second-order valence-electron chi connectivity index (χ2n) is 2.39. The average molecular weight is 115 g/mol. The van der Waals surface area contributed by atoms with E-state index in [1.165, 1.54) is 0 Å². The molecule has 0 bridgehead atoms. The fourth-order valence-corrected chi connectivity index (χ4v) is 1.14. The molecule has 1 aliphatic rings. The van der Waals surface area contributed by atoms with Crippen LogP contribution in [0.1, 0.15) is 13.3 Å². The zero-order valence-corrected chi connectivity index (χ0v) is 5.22. The molecule has 2 heteroatoms. The number of β-amino-alcohol motifs (C(OH)–C–C–N with tert-alkyl or cyclic N) is 1. The number of hydrogen-bond donors (Lipinski definition) is 2. The highest BCUT2D eigenvalue weighted by Crippen LogP contribution is 2.11. The van der Waals surface area contributed by atoms with Crippen molar-refractivity contribution < 1.29 is 5.11 Å². The van der Waals surface area contributed by atoms with Gasteiger partial charge in [0.05, 0.1) is 6.10 Å². The van der Waals surface area contributed by atoms with Crippen LogP contribution in [-0.4, -0.2) is 24.3 Å². The van der Waals surface area contributed by atoms with Crippen LogP contribution in [0.4, 0.5) is 0 Å². The lowest BCUT2D eigenvalue weighted by Gasteiger charge is -2.07. The normalized spacial score (nSPS) is 38.2. The van der Waals surface area contributed by atoms with Crippen molar-refractivity contribution in [1.82, 2.24) is 5.32 Å². The van der Waals surface area contributed by atoms with Crippen LogP contribution in [0.5, 0.6) is 0 Å². The minimum atomic E-state index is -0.0833. The van der Waals surface area contributed by atoms with Gasteiger partial charge in [0.1, 0.15) is 0 Å². The van der Waals surface area contributed by atoms with E-state index < -0.39 is 0 Å². The average Bonchev–Trinajstić information content (AvgIpc) is 2.14. The lowest BCUT2D eigenvalue weighted by Crippen LogP contribution is -2.16. The predicted molar refractivity (Wildman–Crippen MR) is 32.7 cm³/mol. The van der Waals surface area contributed by atoms with Gasteiger partial charge in [-0.2, -0.15) is 0 Å². The van der Waals surface area contributed by atoms with Crippen LogP contribution in [0.15, 0.2) is 0 Å². The zero-order valence-electron chi connectivity index (χ0n) is 5.22. The number of hydrogen-bond acceptors (Lipinski definition) is 2. The third-order valence-corrected chi connectivity index (χ3v) is 1.83. The molecule has 2 N–H and O–H groups in total. The van der Waals surface area contributed by atoms with Crippen molar-refractivity contribution in [2.45, 2.75) is 19.4 Å². The summed E-state index contributed by atoms with van der Waals surface area (Å²) in [7, 11) is 0. The van der Waals surface area contributed by atoms with Gasteiger partial charge >= 0.3 is 0 Å². The second kappa shape index (κ2) is 2.46. The van der Waals surface area contributed by atoms with E-state index in [1.54, 1.807) is 0 Å². The molecule has 1 saturated heterocycles. The quantitative estimate of drug-likeness (QED) is 0.503. The first-order valence-electron chi connectivity index (χ1n) is 3.23. The van der Waals surface area contributed by atoms with Crippen LogP contribution in [0.3, 0.4) is 0 Å². The van der Waals surface area contributed by atoms with Crippen LogP contribution < -0.4 is 5.32 Å². The van der Waals surface area contributed by atoms with E-state index in [1.807, 2.05) is 0 Å². The van der Waals surface area contributed by atoms with Crippen LogP contribution in [0.2, 0.25) is 0 Å². The largest absolute Gasteiger partial charge is 0.391 e. The molecule has 0 aromatic carbocycles. The Kier molecular flexibility index (Phi) is 1.86. The van der Waals surface area contributed by atoms with Crippen molar-refractivity contribution in [3.63, 3.8) is 0 Å². The monoisotopic (exact) mass is 115 g/mol. The van der Waals surface area contributed by atoms with Crippen molar-refractivity contribution in [2.24, 2.45) is 5.92 Å². The van der Waals surface area contributed by atoms with Gasteiger partial charge in [-0.3, -0.25) is 0 Å². The summed E-state index contributed by atoms with van der Waals surface area (Å²) in [5.41, 5.74) is 0. The summed E-state index contributed by atoms with van der Waals surface area (Å²) in [4.78, 5) is 0. The summed E-state index contributed by atoms with van der Waals surface area (Å²) in [5.74, 6) is 0.509. The molecule has 0 saturated carbocycles. The summed E-state index contributed by atoms with van der Waals surface area (Å²) >= 11 is 0. The Bertz CT molecular complexity index is 74.9. The smallest absolute Gasteiger partial charge is 0.0704 e. The standard InChI is InChI=1S/C6H13NO/c1-2-5-3-7-4-6(5)8/h5-8H,2-4H2,1H3/t5-,6+/m0/s1. The first-order valence-corrected chi connectivity index (χ1v) is 3.23. The van der Waals surface area contributed by atoms with Crippen molar-refractivity contribution in [2.75, 3.05) is 13.1 Å². The van der Waals surface area contributed by atoms with Gasteiger partial charge in [0.15, 0.2) is 0 Å². The molecule has 0 unspecified atom stereocenters. The Morgan fingerprint density at radius 1 is 1.62 bits per heavy atom. The molecule has 0 amide bonds. The van der Waals surface area contributed by atoms with E-state index in [9.17, 15) is 0 Å². The summed E-state index contributed by atoms with van der Waals surface area (Å²) in [6.07, 6.45) is 1.01. The number of nitrogens with one attached hydrogen (secondary N) is 1. The molecule has 0 spiro atoms. The van der Waals surface area contributed by atoms with Crippen LogP contribution >= 0.6 is 0 Å². The molecule has 1 aliphatic heterocycles. The Morgan fingerprint density at radius 2 is 2.38 bits per heavy atom. The van der Waals surface area contributed by atoms with E-state index in [0.717, 1.165) is 19.5 Å². The summed E-state index contributed by atoms with van der Waals surface area (Å²) in [6, 6.07) is 0. The van der Waals surface area contributed by atoms with Gasteiger partial charge in [0.2, 0.25) is 0 Å². The topological polar surface area (TPSA) is 32.3 Å². The molecule has 2 atom stereocenters. The van der Waals surface area contributed by atoms with Crippen molar-refractivity contribution in [1.29, 1.82) is 0 Å². The van der Waals surface area contributed by atoms with Crippen LogP contribution in [0, 0.1) is 5.92 Å². The highest BCUT2D eigenvalue weighted by Gasteiger charge is 2.22. The maximum Gasteiger partial charge on any atom is 0.0704 e. The van der Waals surface area contributed by atoms with Crippen molar-refractivity contribution in [3.05, 3.63) is 0 Å². The van der Waals surface area contributed by atoms with Crippen LogP contribution in [-0.2, 0) is 0 Å². The molecule has 0 aromatic rings. The Labute approximate surface area is 49.9 Å². The van der Waals surface area contributed by atoms with Crippen LogP contribution in [0.25, 0.3) is 0 Å². The van der Waals surface area contributed by atoms with Gasteiger partial charge in [-0.15, -0.1) is 0 Å². The first kappa shape index (κ1) is 6.05. The molecular weight excluding hydrogens is 102 g/mol. The number of rotatable bonds is 1. The maximum atomic E-state index is 9.13. The fourth-order valence-electron chi connectivity index (χ4n) is 1.14. The molecule has 8 heavy (non-hydrogen) atoms. The van der Waals surface area contributed by atoms with E-state index in [2.05, 4.69) is 12.2 Å². The molecule has 1 fully saturated rings. The highest BCUT2D eigenvalue weighted by atomic mass is 16.3. The second-order valence-corrected chi connectivity index (χ2v) is 2.39. The number of aliphatic hydroxyl groups is 1. The van der Waals surface area contributed by atoms with Crippen molar-refractivity contribution >= 4 is 0 Å². The molecule has 48 valence electrons. The fraction of sp³-hybridized carbons (Fsp3) is 1.00. The molecule has 0 aromatic heterocycles. The Hall–Kier alpha value is -0.0800. The van der Waals surface area contributed by atoms with E-state index >= 15 is 0 Å². The third kappa shape index (κ3) is 1.01. The minimum Gasteiger partial charge on any atom is -0.391 e. The van der Waals surface area contributed by atoms with E-state index in [4.69, 9.17) is 5.11 Å². The summed E-state index contributed by atoms with van der Waals surface area (Å²) < 4.78 is 0. The van der Waals surface area contributed by atoms with E-state index in [0.29, 0.717) is 5.92 Å². The molecule has 2 nitrogen and oxygen atoms in total. The molecule has 0 aliphatic carbocycles. The van der Waals surface area contributed by atoms with Gasteiger partial charge in [0, 0.05) is 13.1 Å². The van der Waals surface area contributed by atoms with E-state index in [-0.39, 0.29) is 6.10 Å². The van der Waals surface area contributed by atoms with Gasteiger partial charge in [-0.25, -0.2) is 0 Å². The Morgan fingerprint density at radius 3 is 2.62 bits per heavy atom. The van der Waals surface area contributed by atoms with Crippen molar-refractivity contribution in [3.8, 4) is 0 Å². The maximum absolute atomic E-state index is 9.13. The Balaban J connectivity index is 2.30. The molecule has 1 rings (SSSR count). The SMILES string of the molecule is CC[C@H]1CNC[C@H]1O.